The van der Waals surface area contributed by atoms with Crippen LogP contribution in [0.5, 0.6) is 0 Å². The fourth-order valence-corrected chi connectivity index (χ4v) is 1.61. The highest BCUT2D eigenvalue weighted by Crippen LogP contribution is 2.19. The molecule has 1 rings (SSSR count). The van der Waals surface area contributed by atoms with E-state index in [2.05, 4.69) is 10.6 Å². The van der Waals surface area contributed by atoms with Crippen LogP contribution in [0, 0.1) is 5.82 Å². The van der Waals surface area contributed by atoms with Gasteiger partial charge in [-0.2, -0.15) is 0 Å². The van der Waals surface area contributed by atoms with Crippen molar-refractivity contribution in [2.45, 2.75) is 12.8 Å². The number of carbonyl (C=O) groups excluding carboxylic acids is 2. The minimum atomic E-state index is -0.569. The van der Waals surface area contributed by atoms with Gasteiger partial charge in [0.1, 0.15) is 12.2 Å². The summed E-state index contributed by atoms with van der Waals surface area (Å²) in [5.74, 6) is -1.44. The number of methoxy groups -OCH3 is 1. The third-order valence-corrected chi connectivity index (χ3v) is 2.66. The van der Waals surface area contributed by atoms with E-state index >= 15 is 0 Å². The summed E-state index contributed by atoms with van der Waals surface area (Å²) in [6.07, 6.45) is 0.374. The van der Waals surface area contributed by atoms with Crippen molar-refractivity contribution in [2.24, 2.45) is 0 Å². The van der Waals surface area contributed by atoms with E-state index in [1.807, 2.05) is 0 Å². The number of hydrogen-bond donors (Lipinski definition) is 2. The normalized spacial score (nSPS) is 10.2. The van der Waals surface area contributed by atoms with Crippen molar-refractivity contribution in [3.63, 3.8) is 0 Å². The van der Waals surface area contributed by atoms with E-state index in [1.165, 1.54) is 12.1 Å². The molecule has 0 radical (unpaired) electrons. The lowest BCUT2D eigenvalue weighted by Gasteiger charge is -2.07. The maximum atomic E-state index is 12.9. The number of ether oxygens (including phenoxy) is 1. The zero-order chi connectivity index (χ0) is 15.0. The third kappa shape index (κ3) is 5.99. The summed E-state index contributed by atoms with van der Waals surface area (Å²) in [5, 5.41) is 4.96. The molecule has 2 amide bonds. The van der Waals surface area contributed by atoms with Crippen molar-refractivity contribution in [3.8, 4) is 0 Å². The second kappa shape index (κ2) is 8.50. The lowest BCUT2D eigenvalue weighted by atomic mass is 10.3. The Bertz CT molecular complexity index is 483. The van der Waals surface area contributed by atoms with E-state index in [-0.39, 0.29) is 17.4 Å². The molecule has 1 aromatic rings. The topological polar surface area (TPSA) is 67.4 Å². The molecule has 0 bridgehead atoms. The predicted octanol–water partition coefficient (Wildman–Crippen LogP) is 1.96. The van der Waals surface area contributed by atoms with Gasteiger partial charge < -0.3 is 15.4 Å². The van der Waals surface area contributed by atoms with Gasteiger partial charge in [-0.1, -0.05) is 11.6 Å². The molecule has 0 atom stereocenters. The number of benzene rings is 1. The highest BCUT2D eigenvalue weighted by Gasteiger charge is 2.10. The summed E-state index contributed by atoms with van der Waals surface area (Å²) >= 11 is 5.58. The van der Waals surface area contributed by atoms with Gasteiger partial charge in [0.05, 0.1) is 5.02 Å². The highest BCUT2D eigenvalue weighted by molar-refractivity contribution is 6.31. The molecule has 5 nitrogen and oxygen atoms in total. The minimum absolute atomic E-state index is 0.0909. The smallest absolute Gasteiger partial charge is 0.233 e. The Morgan fingerprint density at radius 1 is 1.35 bits per heavy atom. The van der Waals surface area contributed by atoms with Gasteiger partial charge in [0.25, 0.3) is 0 Å². The van der Waals surface area contributed by atoms with E-state index in [1.54, 1.807) is 7.11 Å². The number of anilines is 1. The number of rotatable bonds is 7. The summed E-state index contributed by atoms with van der Waals surface area (Å²) in [6, 6.07) is 3.80. The van der Waals surface area contributed by atoms with E-state index < -0.39 is 11.7 Å². The van der Waals surface area contributed by atoms with Gasteiger partial charge in [0.2, 0.25) is 11.8 Å². The van der Waals surface area contributed by atoms with Gasteiger partial charge in [0, 0.05) is 25.9 Å². The van der Waals surface area contributed by atoms with Gasteiger partial charge in [-0.3, -0.25) is 9.59 Å². The first-order valence-corrected chi connectivity index (χ1v) is 6.41. The fraction of sp³-hybridized carbons (Fsp3) is 0.385. The predicted molar refractivity (Wildman–Crippen MR) is 74.2 cm³/mol. The van der Waals surface area contributed by atoms with Crippen LogP contribution in [0.4, 0.5) is 10.1 Å². The molecule has 0 aliphatic heterocycles. The molecule has 0 aliphatic carbocycles. The minimum Gasteiger partial charge on any atom is -0.385 e. The van der Waals surface area contributed by atoms with Crippen LogP contribution in [0.25, 0.3) is 0 Å². The first-order chi connectivity index (χ1) is 9.52. The Kier molecular flexibility index (Phi) is 6.97. The van der Waals surface area contributed by atoms with Crippen LogP contribution in [-0.4, -0.2) is 32.1 Å². The van der Waals surface area contributed by atoms with Gasteiger partial charge in [-0.25, -0.2) is 4.39 Å². The first-order valence-electron chi connectivity index (χ1n) is 6.03. The van der Waals surface area contributed by atoms with Crippen LogP contribution < -0.4 is 10.6 Å². The maximum Gasteiger partial charge on any atom is 0.233 e. The highest BCUT2D eigenvalue weighted by atomic mass is 35.5. The van der Waals surface area contributed by atoms with Crippen molar-refractivity contribution in [1.29, 1.82) is 0 Å². The van der Waals surface area contributed by atoms with Crippen molar-refractivity contribution in [1.82, 2.24) is 5.32 Å². The van der Waals surface area contributed by atoms with E-state index in [4.69, 9.17) is 16.3 Å². The maximum absolute atomic E-state index is 12.9. The molecule has 0 heterocycles. The van der Waals surface area contributed by atoms with Crippen LogP contribution in [0.3, 0.4) is 0 Å². The van der Waals surface area contributed by atoms with Crippen LogP contribution in [0.15, 0.2) is 18.2 Å². The summed E-state index contributed by atoms with van der Waals surface area (Å²) in [5.41, 5.74) is 0.341. The monoisotopic (exact) mass is 302 g/mol. The van der Waals surface area contributed by atoms with Crippen molar-refractivity contribution >= 4 is 29.1 Å². The van der Waals surface area contributed by atoms with Crippen LogP contribution in [0.2, 0.25) is 5.02 Å². The molecule has 2 N–H and O–H groups in total. The number of nitrogens with one attached hydrogen (secondary N) is 2. The molecule has 7 heteroatoms. The van der Waals surface area contributed by atoms with E-state index in [9.17, 15) is 14.0 Å². The fourth-order valence-electron chi connectivity index (χ4n) is 1.43. The van der Waals surface area contributed by atoms with Gasteiger partial charge in [-0.15, -0.1) is 0 Å². The average Bonchev–Trinajstić information content (AvgIpc) is 2.39. The Labute approximate surface area is 121 Å². The largest absolute Gasteiger partial charge is 0.385 e. The molecular formula is C13H16ClFN2O3. The zero-order valence-electron chi connectivity index (χ0n) is 11.0. The quantitative estimate of drug-likeness (QED) is 0.597. The van der Waals surface area contributed by atoms with Gasteiger partial charge in [0.15, 0.2) is 0 Å². The number of carbonyl (C=O) groups is 2. The van der Waals surface area contributed by atoms with E-state index in [0.717, 1.165) is 6.07 Å². The van der Waals surface area contributed by atoms with Crippen molar-refractivity contribution < 1.29 is 18.7 Å². The van der Waals surface area contributed by atoms with Crippen molar-refractivity contribution in [3.05, 3.63) is 29.0 Å². The Hall–Kier alpha value is -1.66. The Morgan fingerprint density at radius 3 is 2.75 bits per heavy atom. The zero-order valence-corrected chi connectivity index (χ0v) is 11.8. The third-order valence-electron chi connectivity index (χ3n) is 2.37. The number of amides is 2. The number of halogens is 2. The Balaban J connectivity index is 2.35. The van der Waals surface area contributed by atoms with Crippen LogP contribution in [0.1, 0.15) is 12.8 Å². The molecular weight excluding hydrogens is 287 g/mol. The molecule has 110 valence electrons. The van der Waals surface area contributed by atoms with Crippen molar-refractivity contribution in [2.75, 3.05) is 25.6 Å². The summed E-state index contributed by atoms with van der Waals surface area (Å²) < 4.78 is 17.8. The van der Waals surface area contributed by atoms with Gasteiger partial charge in [-0.05, 0) is 24.6 Å². The molecule has 0 aliphatic rings. The molecule has 0 saturated heterocycles. The average molecular weight is 303 g/mol. The summed E-state index contributed by atoms with van der Waals surface area (Å²) in [7, 11) is 1.57. The molecule has 0 aromatic heterocycles. The molecule has 0 saturated carbocycles. The molecule has 0 spiro atoms. The number of hydrogen-bond acceptors (Lipinski definition) is 3. The van der Waals surface area contributed by atoms with Crippen LogP contribution in [-0.2, 0) is 14.3 Å². The lowest BCUT2D eigenvalue weighted by Crippen LogP contribution is -2.29. The SMILES string of the molecule is COCCCNC(=O)CC(=O)Nc1ccc(F)c(Cl)c1. The summed E-state index contributed by atoms with van der Waals surface area (Å²) in [6.45, 7) is 0.989. The second-order valence-corrected chi connectivity index (χ2v) is 4.46. The lowest BCUT2D eigenvalue weighted by molar-refractivity contribution is -0.126. The Morgan fingerprint density at radius 2 is 2.10 bits per heavy atom. The van der Waals surface area contributed by atoms with E-state index in [0.29, 0.717) is 25.3 Å². The molecule has 0 unspecified atom stereocenters. The summed E-state index contributed by atoms with van der Waals surface area (Å²) in [4.78, 5) is 23.0. The molecule has 20 heavy (non-hydrogen) atoms. The second-order valence-electron chi connectivity index (χ2n) is 4.05. The molecule has 0 fully saturated rings. The van der Waals surface area contributed by atoms with Crippen LogP contribution >= 0.6 is 11.6 Å². The first kappa shape index (κ1) is 16.4. The molecule has 1 aromatic carbocycles. The van der Waals surface area contributed by atoms with Gasteiger partial charge >= 0.3 is 0 Å². The standard InChI is InChI=1S/C13H16ClFN2O3/c1-20-6-2-5-16-12(18)8-13(19)17-9-3-4-11(15)10(14)7-9/h3-4,7H,2,5-6,8H2,1H3,(H,16,18)(H,17,19).